The fourth-order valence-electron chi connectivity index (χ4n) is 2.65. The molecule has 0 saturated heterocycles. The Balaban J connectivity index is 2.52. The molecule has 1 N–H and O–H groups in total. The maximum absolute atomic E-state index is 12.2. The Morgan fingerprint density at radius 1 is 1.13 bits per heavy atom. The number of carboxylic acids is 1. The molecule has 1 heterocycles. The molecule has 2 aromatic carbocycles. The Kier molecular flexibility index (Phi) is 3.62. The number of ether oxygens (including phenoxy) is 1. The number of methoxy groups -OCH3 is 1. The van der Waals surface area contributed by atoms with Crippen LogP contribution in [0.4, 0.5) is 0 Å². The second-order valence-corrected chi connectivity index (χ2v) is 5.13. The molecule has 0 bridgehead atoms. The largest absolute Gasteiger partial charge is 0.496 e. The van der Waals surface area contributed by atoms with E-state index < -0.39 is 11.6 Å². The lowest BCUT2D eigenvalue weighted by Gasteiger charge is -2.12. The van der Waals surface area contributed by atoms with Crippen LogP contribution in [0.3, 0.4) is 0 Å². The quantitative estimate of drug-likeness (QED) is 0.801. The highest BCUT2D eigenvalue weighted by atomic mass is 16.5. The third-order valence-electron chi connectivity index (χ3n) is 3.70. The molecular formula is C18H14O5. The van der Waals surface area contributed by atoms with E-state index in [1.54, 1.807) is 36.4 Å². The second-order valence-electron chi connectivity index (χ2n) is 5.13. The number of hydrogen-bond acceptors (Lipinski definition) is 4. The fraction of sp³-hybridized carbons (Fsp3) is 0.111. The normalized spacial score (nSPS) is 10.7. The molecule has 3 rings (SSSR count). The minimum atomic E-state index is -1.29. The summed E-state index contributed by atoms with van der Waals surface area (Å²) in [6, 6.07) is 12.3. The SMILES string of the molecule is COc1cc2c(-c3ccccc3)c(C(=O)O)oc(=O)c2cc1C. The van der Waals surface area contributed by atoms with Crippen molar-refractivity contribution in [1.29, 1.82) is 0 Å². The van der Waals surface area contributed by atoms with Gasteiger partial charge in [-0.05, 0) is 30.2 Å². The molecule has 0 aliphatic carbocycles. The van der Waals surface area contributed by atoms with Crippen LogP contribution in [0.5, 0.6) is 5.75 Å². The first kappa shape index (κ1) is 14.8. The number of aromatic carboxylic acids is 1. The van der Waals surface area contributed by atoms with Crippen molar-refractivity contribution in [2.24, 2.45) is 0 Å². The number of fused-ring (bicyclic) bond motifs is 1. The van der Waals surface area contributed by atoms with Crippen LogP contribution in [0, 0.1) is 6.92 Å². The number of aryl methyl sites for hydroxylation is 1. The molecule has 23 heavy (non-hydrogen) atoms. The van der Waals surface area contributed by atoms with Gasteiger partial charge in [-0.3, -0.25) is 0 Å². The highest BCUT2D eigenvalue weighted by Crippen LogP contribution is 2.34. The summed E-state index contributed by atoms with van der Waals surface area (Å²) in [5.41, 5.74) is 1.12. The van der Waals surface area contributed by atoms with Crippen molar-refractivity contribution < 1.29 is 19.1 Å². The second kappa shape index (κ2) is 5.61. The van der Waals surface area contributed by atoms with Gasteiger partial charge >= 0.3 is 11.6 Å². The molecule has 0 saturated carbocycles. The van der Waals surface area contributed by atoms with Crippen LogP contribution >= 0.6 is 0 Å². The van der Waals surface area contributed by atoms with Crippen LogP contribution in [0.1, 0.15) is 16.1 Å². The van der Waals surface area contributed by atoms with Crippen LogP contribution in [0.25, 0.3) is 21.9 Å². The molecule has 0 fully saturated rings. The van der Waals surface area contributed by atoms with E-state index in [0.29, 0.717) is 27.6 Å². The maximum Gasteiger partial charge on any atom is 0.372 e. The third-order valence-corrected chi connectivity index (χ3v) is 3.70. The van der Waals surface area contributed by atoms with Crippen molar-refractivity contribution in [2.75, 3.05) is 7.11 Å². The standard InChI is InChI=1S/C18H14O5/c1-10-8-13-12(9-14(10)22-2)15(11-6-4-3-5-7-11)16(17(19)20)23-18(13)21/h3-9H,1-2H3,(H,19,20). The molecule has 0 spiro atoms. The maximum atomic E-state index is 12.2. The molecule has 3 aromatic rings. The van der Waals surface area contributed by atoms with Crippen molar-refractivity contribution >= 4 is 16.7 Å². The van der Waals surface area contributed by atoms with Gasteiger partial charge in [0, 0.05) is 10.9 Å². The molecule has 0 atom stereocenters. The molecular weight excluding hydrogens is 296 g/mol. The molecule has 116 valence electrons. The minimum absolute atomic E-state index is 0.326. The highest BCUT2D eigenvalue weighted by molar-refractivity contribution is 6.05. The number of carboxylic acid groups (broad SMARTS) is 1. The molecule has 5 heteroatoms. The van der Waals surface area contributed by atoms with Gasteiger partial charge in [0.15, 0.2) is 0 Å². The Morgan fingerprint density at radius 2 is 1.83 bits per heavy atom. The van der Waals surface area contributed by atoms with E-state index in [9.17, 15) is 14.7 Å². The molecule has 0 aliphatic rings. The fourth-order valence-corrected chi connectivity index (χ4v) is 2.65. The Labute approximate surface area is 131 Å². The van der Waals surface area contributed by atoms with Crippen LogP contribution in [0.15, 0.2) is 51.7 Å². The van der Waals surface area contributed by atoms with E-state index in [4.69, 9.17) is 9.15 Å². The first-order chi connectivity index (χ1) is 11.0. The topological polar surface area (TPSA) is 76.7 Å². The van der Waals surface area contributed by atoms with E-state index in [2.05, 4.69) is 0 Å². The van der Waals surface area contributed by atoms with Crippen molar-refractivity contribution in [1.82, 2.24) is 0 Å². The lowest BCUT2D eigenvalue weighted by atomic mass is 9.97. The van der Waals surface area contributed by atoms with E-state index in [-0.39, 0.29) is 5.76 Å². The summed E-state index contributed by atoms with van der Waals surface area (Å²) in [6.07, 6.45) is 0. The smallest absolute Gasteiger partial charge is 0.372 e. The molecule has 0 aliphatic heterocycles. The Bertz CT molecular complexity index is 955. The average Bonchev–Trinajstić information content (AvgIpc) is 2.55. The zero-order chi connectivity index (χ0) is 16.6. The first-order valence-electron chi connectivity index (χ1n) is 6.97. The molecule has 5 nitrogen and oxygen atoms in total. The van der Waals surface area contributed by atoms with Gasteiger partial charge < -0.3 is 14.3 Å². The highest BCUT2D eigenvalue weighted by Gasteiger charge is 2.21. The van der Waals surface area contributed by atoms with Crippen LogP contribution < -0.4 is 10.4 Å². The summed E-state index contributed by atoms with van der Waals surface area (Å²) in [6.45, 7) is 1.81. The summed E-state index contributed by atoms with van der Waals surface area (Å²) in [7, 11) is 1.53. The van der Waals surface area contributed by atoms with Crippen LogP contribution in [-0.2, 0) is 0 Å². The Morgan fingerprint density at radius 3 is 2.43 bits per heavy atom. The number of benzene rings is 2. The van der Waals surface area contributed by atoms with E-state index in [0.717, 1.165) is 5.56 Å². The summed E-state index contributed by atoms with van der Waals surface area (Å²) in [5.74, 6) is -1.08. The van der Waals surface area contributed by atoms with E-state index in [1.165, 1.54) is 7.11 Å². The van der Waals surface area contributed by atoms with E-state index >= 15 is 0 Å². The van der Waals surface area contributed by atoms with E-state index in [1.807, 2.05) is 13.0 Å². The van der Waals surface area contributed by atoms with Gasteiger partial charge in [-0.1, -0.05) is 30.3 Å². The number of carbonyl (C=O) groups is 1. The van der Waals surface area contributed by atoms with Gasteiger partial charge in [-0.15, -0.1) is 0 Å². The minimum Gasteiger partial charge on any atom is -0.496 e. The van der Waals surface area contributed by atoms with Gasteiger partial charge in [-0.2, -0.15) is 0 Å². The van der Waals surface area contributed by atoms with Gasteiger partial charge in [0.2, 0.25) is 5.76 Å². The monoisotopic (exact) mass is 310 g/mol. The summed E-state index contributed by atoms with van der Waals surface area (Å²) >= 11 is 0. The van der Waals surface area contributed by atoms with Crippen molar-refractivity contribution in [3.05, 3.63) is 64.2 Å². The van der Waals surface area contributed by atoms with Crippen molar-refractivity contribution in [2.45, 2.75) is 6.92 Å². The molecule has 0 amide bonds. The number of hydrogen-bond donors (Lipinski definition) is 1. The third kappa shape index (κ3) is 2.46. The summed E-state index contributed by atoms with van der Waals surface area (Å²) < 4.78 is 10.4. The van der Waals surface area contributed by atoms with Crippen molar-refractivity contribution in [3.63, 3.8) is 0 Å². The Hall–Kier alpha value is -3.08. The zero-order valence-corrected chi connectivity index (χ0v) is 12.6. The molecule has 1 aromatic heterocycles. The lowest BCUT2D eigenvalue weighted by Crippen LogP contribution is -2.10. The summed E-state index contributed by atoms with van der Waals surface area (Å²) in [4.78, 5) is 23.7. The first-order valence-corrected chi connectivity index (χ1v) is 6.97. The zero-order valence-electron chi connectivity index (χ0n) is 12.6. The lowest BCUT2D eigenvalue weighted by molar-refractivity contribution is 0.0659. The van der Waals surface area contributed by atoms with Gasteiger partial charge in [0.05, 0.1) is 12.5 Å². The predicted molar refractivity (Wildman–Crippen MR) is 86.2 cm³/mol. The average molecular weight is 310 g/mol. The summed E-state index contributed by atoms with van der Waals surface area (Å²) in [5, 5.41) is 10.2. The van der Waals surface area contributed by atoms with Gasteiger partial charge in [0.25, 0.3) is 0 Å². The van der Waals surface area contributed by atoms with Gasteiger partial charge in [-0.25, -0.2) is 9.59 Å². The van der Waals surface area contributed by atoms with Crippen LogP contribution in [-0.4, -0.2) is 18.2 Å². The number of rotatable bonds is 3. The molecule has 0 radical (unpaired) electrons. The van der Waals surface area contributed by atoms with Crippen molar-refractivity contribution in [3.8, 4) is 16.9 Å². The van der Waals surface area contributed by atoms with Gasteiger partial charge in [0.1, 0.15) is 5.75 Å². The van der Waals surface area contributed by atoms with Crippen LogP contribution in [0.2, 0.25) is 0 Å². The predicted octanol–water partition coefficient (Wildman–Crippen LogP) is 3.48. The molecule has 0 unspecified atom stereocenters.